The summed E-state index contributed by atoms with van der Waals surface area (Å²) >= 11 is 0. The Bertz CT molecular complexity index is 1030. The molecule has 0 unspecified atom stereocenters. The van der Waals surface area contributed by atoms with Crippen molar-refractivity contribution >= 4 is 17.5 Å². The van der Waals surface area contributed by atoms with Crippen molar-refractivity contribution in [3.8, 4) is 17.0 Å². The van der Waals surface area contributed by atoms with E-state index in [1.165, 1.54) is 12.4 Å². The van der Waals surface area contributed by atoms with E-state index in [9.17, 15) is 0 Å². The summed E-state index contributed by atoms with van der Waals surface area (Å²) in [5.74, 6) is 2.09. The summed E-state index contributed by atoms with van der Waals surface area (Å²) in [5, 5.41) is 10.4. The van der Waals surface area contributed by atoms with Gasteiger partial charge in [-0.1, -0.05) is 12.6 Å². The molecule has 1 saturated heterocycles. The number of nitrogens with zero attached hydrogens (tertiary/aromatic N) is 5. The summed E-state index contributed by atoms with van der Waals surface area (Å²) in [6, 6.07) is 7.95. The maximum absolute atomic E-state index is 6.93. The van der Waals surface area contributed by atoms with Gasteiger partial charge in [0.2, 0.25) is 0 Å². The van der Waals surface area contributed by atoms with E-state index in [4.69, 9.17) is 16.0 Å². The van der Waals surface area contributed by atoms with E-state index in [2.05, 4.69) is 48.3 Å². The average molecular weight is 391 g/mol. The van der Waals surface area contributed by atoms with Gasteiger partial charge in [-0.3, -0.25) is 5.10 Å². The summed E-state index contributed by atoms with van der Waals surface area (Å²) in [6.45, 7) is 9.45. The van der Waals surface area contributed by atoms with Gasteiger partial charge >= 0.3 is 0 Å². The van der Waals surface area contributed by atoms with E-state index in [1.54, 1.807) is 7.11 Å². The van der Waals surface area contributed by atoms with Crippen LogP contribution < -0.4 is 10.1 Å². The van der Waals surface area contributed by atoms with Gasteiger partial charge in [0.05, 0.1) is 31.7 Å². The number of aromatic amines is 1. The van der Waals surface area contributed by atoms with Gasteiger partial charge in [-0.15, -0.1) is 4.98 Å². The van der Waals surface area contributed by atoms with Crippen LogP contribution in [0.3, 0.4) is 0 Å². The number of rotatable bonds is 5. The molecule has 1 aliphatic heterocycles. The minimum atomic E-state index is 0.0349. The lowest BCUT2D eigenvalue weighted by Crippen LogP contribution is -2.35. The number of hydrogen-bond donors (Lipinski definition) is 2. The molecule has 29 heavy (non-hydrogen) atoms. The molecule has 0 saturated carbocycles. The summed E-state index contributed by atoms with van der Waals surface area (Å²) in [6.07, 6.45) is 2.95. The molecule has 1 atom stereocenters. The molecule has 9 nitrogen and oxygen atoms in total. The van der Waals surface area contributed by atoms with E-state index in [-0.39, 0.29) is 11.9 Å². The highest BCUT2D eigenvalue weighted by molar-refractivity contribution is 5.71. The second kappa shape index (κ2) is 8.26. The first-order chi connectivity index (χ1) is 14.2. The molecule has 0 aliphatic carbocycles. The Hall–Kier alpha value is -3.48. The number of morpholine rings is 1. The van der Waals surface area contributed by atoms with Crippen LogP contribution in [0.4, 0.5) is 17.5 Å². The van der Waals surface area contributed by atoms with Gasteiger partial charge < -0.3 is 24.5 Å². The topological polar surface area (TPSA) is 92.6 Å². The molecule has 9 heteroatoms. The molecule has 2 N–H and O–H groups in total. The molecule has 3 aromatic rings. The molecule has 2 aromatic heterocycles. The highest BCUT2D eigenvalue weighted by Gasteiger charge is 2.21. The number of aromatic nitrogens is 4. The summed E-state index contributed by atoms with van der Waals surface area (Å²) in [5.41, 5.74) is 2.80. The summed E-state index contributed by atoms with van der Waals surface area (Å²) in [4.78, 5) is 13.6. The Kier molecular flexibility index (Phi) is 5.37. The first kappa shape index (κ1) is 18.9. The van der Waals surface area contributed by atoms with Gasteiger partial charge in [0.1, 0.15) is 5.75 Å². The minimum absolute atomic E-state index is 0.0349. The molecule has 148 valence electrons. The van der Waals surface area contributed by atoms with Crippen LogP contribution in [0, 0.1) is 6.57 Å². The molecule has 0 spiro atoms. The van der Waals surface area contributed by atoms with Crippen LogP contribution in [-0.4, -0.2) is 58.9 Å². The van der Waals surface area contributed by atoms with Crippen LogP contribution in [0.2, 0.25) is 0 Å². The first-order valence-electron chi connectivity index (χ1n) is 9.16. The normalized spacial score (nSPS) is 16.9. The van der Waals surface area contributed by atoms with E-state index >= 15 is 0 Å². The number of hydrogen-bond acceptors (Lipinski definition) is 7. The van der Waals surface area contributed by atoms with Crippen LogP contribution in [0.5, 0.6) is 5.75 Å². The number of methoxy groups -OCH3 is 1. The minimum Gasteiger partial charge on any atom is -0.496 e. The standard InChI is InChI=1S/C20H21N7O2/c1-21-19-10-23-20(11-22-19)24-18-9-15(25-26-18)14-5-4-13(8-16(14)28-3)17-12-27(2)6-7-29-17/h4-5,8-11,17H,6-7,12H2,2-3H3,(H2,23,24,25,26)/t17-/m1/s1. The molecular formula is C20H21N7O2. The van der Waals surface area contributed by atoms with Gasteiger partial charge in [-0.25, -0.2) is 4.98 Å². The largest absolute Gasteiger partial charge is 0.496 e. The Labute approximate surface area is 168 Å². The fraction of sp³-hybridized carbons (Fsp3) is 0.300. The molecule has 0 amide bonds. The number of H-pyrrole nitrogens is 1. The summed E-state index contributed by atoms with van der Waals surface area (Å²) in [7, 11) is 3.75. The predicted molar refractivity (Wildman–Crippen MR) is 108 cm³/mol. The van der Waals surface area contributed by atoms with Crippen LogP contribution >= 0.6 is 0 Å². The highest BCUT2D eigenvalue weighted by Crippen LogP contribution is 2.34. The van der Waals surface area contributed by atoms with Gasteiger partial charge in [0, 0.05) is 24.7 Å². The second-order valence-electron chi connectivity index (χ2n) is 6.74. The Balaban J connectivity index is 1.54. The average Bonchev–Trinajstić information content (AvgIpc) is 3.22. The molecule has 1 aromatic carbocycles. The van der Waals surface area contributed by atoms with Gasteiger partial charge in [-0.2, -0.15) is 5.10 Å². The van der Waals surface area contributed by atoms with E-state index < -0.39 is 0 Å². The SMILES string of the molecule is [C-]#[N+]c1cnc(Nc2cc(-c3ccc([C@H]4CN(C)CCO4)cc3OC)[nH]n2)cn1. The van der Waals surface area contributed by atoms with E-state index in [1.807, 2.05) is 18.2 Å². The quantitative estimate of drug-likeness (QED) is 0.645. The van der Waals surface area contributed by atoms with Crippen LogP contribution in [-0.2, 0) is 4.74 Å². The van der Waals surface area contributed by atoms with Crippen molar-refractivity contribution in [3.05, 3.63) is 53.6 Å². The lowest BCUT2D eigenvalue weighted by Gasteiger charge is -2.30. The van der Waals surface area contributed by atoms with Gasteiger partial charge in [-0.05, 0) is 24.7 Å². The maximum atomic E-state index is 6.93. The molecule has 0 radical (unpaired) electrons. The van der Waals surface area contributed by atoms with Crippen LogP contribution in [0.1, 0.15) is 11.7 Å². The van der Waals surface area contributed by atoms with E-state index in [0.29, 0.717) is 11.6 Å². The number of nitrogens with one attached hydrogen (secondary N) is 2. The van der Waals surface area contributed by atoms with Crippen molar-refractivity contribution in [3.63, 3.8) is 0 Å². The Morgan fingerprint density at radius 1 is 1.28 bits per heavy atom. The smallest absolute Gasteiger partial charge is 0.288 e. The summed E-state index contributed by atoms with van der Waals surface area (Å²) < 4.78 is 11.5. The number of benzene rings is 1. The van der Waals surface area contributed by atoms with Crippen molar-refractivity contribution in [2.45, 2.75) is 6.10 Å². The molecule has 1 fully saturated rings. The van der Waals surface area contributed by atoms with Crippen molar-refractivity contribution in [2.75, 3.05) is 39.2 Å². The zero-order chi connectivity index (χ0) is 20.2. The fourth-order valence-corrected chi connectivity index (χ4v) is 3.21. The fourth-order valence-electron chi connectivity index (χ4n) is 3.21. The van der Waals surface area contributed by atoms with Crippen molar-refractivity contribution in [1.29, 1.82) is 0 Å². The first-order valence-corrected chi connectivity index (χ1v) is 9.16. The number of ether oxygens (including phenoxy) is 2. The number of anilines is 2. The monoisotopic (exact) mass is 391 g/mol. The molecular weight excluding hydrogens is 370 g/mol. The van der Waals surface area contributed by atoms with Gasteiger partial charge in [0.25, 0.3) is 5.82 Å². The van der Waals surface area contributed by atoms with Crippen molar-refractivity contribution < 1.29 is 9.47 Å². The molecule has 0 bridgehead atoms. The van der Waals surface area contributed by atoms with Crippen molar-refractivity contribution in [1.82, 2.24) is 25.1 Å². The third kappa shape index (κ3) is 4.18. The molecule has 3 heterocycles. The van der Waals surface area contributed by atoms with E-state index in [0.717, 1.165) is 42.3 Å². The molecule has 4 rings (SSSR count). The third-order valence-electron chi connectivity index (χ3n) is 4.74. The number of likely N-dealkylation sites (N-methyl/N-ethyl adjacent to an activating group) is 1. The Morgan fingerprint density at radius 3 is 2.90 bits per heavy atom. The Morgan fingerprint density at radius 2 is 2.17 bits per heavy atom. The van der Waals surface area contributed by atoms with Crippen molar-refractivity contribution in [2.24, 2.45) is 0 Å². The lowest BCUT2D eigenvalue weighted by molar-refractivity contribution is -0.0209. The maximum Gasteiger partial charge on any atom is 0.288 e. The van der Waals surface area contributed by atoms with Crippen LogP contribution in [0.15, 0.2) is 36.7 Å². The van der Waals surface area contributed by atoms with Gasteiger partial charge in [0.15, 0.2) is 17.8 Å². The third-order valence-corrected chi connectivity index (χ3v) is 4.74. The predicted octanol–water partition coefficient (Wildman–Crippen LogP) is 3.17. The zero-order valence-electron chi connectivity index (χ0n) is 16.2. The second-order valence-corrected chi connectivity index (χ2v) is 6.74. The molecule has 1 aliphatic rings. The zero-order valence-corrected chi connectivity index (χ0v) is 16.2. The lowest BCUT2D eigenvalue weighted by atomic mass is 10.0. The highest BCUT2D eigenvalue weighted by atomic mass is 16.5. The van der Waals surface area contributed by atoms with Crippen LogP contribution in [0.25, 0.3) is 16.1 Å².